The molecule has 0 aliphatic rings. The Labute approximate surface area is 98.0 Å². The molecule has 0 saturated carbocycles. The third kappa shape index (κ3) is 3.86. The molecule has 92 valence electrons. The van der Waals surface area contributed by atoms with E-state index in [1.165, 1.54) is 12.1 Å². The molecule has 0 heterocycles. The van der Waals surface area contributed by atoms with Crippen molar-refractivity contribution in [1.29, 1.82) is 0 Å². The van der Waals surface area contributed by atoms with Crippen molar-refractivity contribution < 1.29 is 23.8 Å². The zero-order chi connectivity index (χ0) is 12.8. The molecule has 5 heteroatoms. The van der Waals surface area contributed by atoms with E-state index < -0.39 is 17.9 Å². The summed E-state index contributed by atoms with van der Waals surface area (Å²) in [6, 6.07) is 5.71. The minimum Gasteiger partial charge on any atom is -0.481 e. The van der Waals surface area contributed by atoms with Crippen molar-refractivity contribution in [2.75, 3.05) is 7.11 Å². The van der Waals surface area contributed by atoms with Gasteiger partial charge in [-0.2, -0.15) is 0 Å². The first-order valence-electron chi connectivity index (χ1n) is 5.09. The Morgan fingerprint density at radius 3 is 2.41 bits per heavy atom. The number of methoxy groups -OCH3 is 1. The number of benzene rings is 1. The SMILES string of the molecule is COC(=O)C(CCc1ccc(F)cc1)C(=O)O. The fraction of sp³-hybridized carbons (Fsp3) is 0.333. The first-order valence-corrected chi connectivity index (χ1v) is 5.09. The van der Waals surface area contributed by atoms with E-state index in [4.69, 9.17) is 5.11 Å². The Morgan fingerprint density at radius 1 is 1.35 bits per heavy atom. The maximum Gasteiger partial charge on any atom is 0.320 e. The molecule has 0 fully saturated rings. The van der Waals surface area contributed by atoms with Crippen LogP contribution >= 0.6 is 0 Å². The van der Waals surface area contributed by atoms with Crippen LogP contribution < -0.4 is 0 Å². The van der Waals surface area contributed by atoms with Crippen LogP contribution in [0.3, 0.4) is 0 Å². The van der Waals surface area contributed by atoms with Crippen LogP contribution in [0.1, 0.15) is 12.0 Å². The number of carboxylic acid groups (broad SMARTS) is 1. The van der Waals surface area contributed by atoms with Gasteiger partial charge in [0.25, 0.3) is 0 Å². The highest BCUT2D eigenvalue weighted by atomic mass is 19.1. The highest BCUT2D eigenvalue weighted by molar-refractivity contribution is 5.93. The monoisotopic (exact) mass is 240 g/mol. The Morgan fingerprint density at radius 2 is 1.94 bits per heavy atom. The van der Waals surface area contributed by atoms with E-state index in [2.05, 4.69) is 4.74 Å². The summed E-state index contributed by atoms with van der Waals surface area (Å²) in [6.07, 6.45) is 0.514. The summed E-state index contributed by atoms with van der Waals surface area (Å²) in [5.41, 5.74) is 0.779. The largest absolute Gasteiger partial charge is 0.481 e. The van der Waals surface area contributed by atoms with Crippen LogP contribution in [-0.2, 0) is 20.7 Å². The van der Waals surface area contributed by atoms with E-state index in [1.54, 1.807) is 12.1 Å². The van der Waals surface area contributed by atoms with Gasteiger partial charge in [-0.15, -0.1) is 0 Å². The number of aliphatic carboxylic acids is 1. The van der Waals surface area contributed by atoms with Gasteiger partial charge in [-0.25, -0.2) is 4.39 Å². The van der Waals surface area contributed by atoms with Crippen LogP contribution in [0.15, 0.2) is 24.3 Å². The van der Waals surface area contributed by atoms with Crippen LogP contribution in [0.25, 0.3) is 0 Å². The van der Waals surface area contributed by atoms with Crippen LogP contribution in [0.4, 0.5) is 4.39 Å². The second-order valence-electron chi connectivity index (χ2n) is 3.58. The van der Waals surface area contributed by atoms with Crippen LogP contribution in [0, 0.1) is 11.7 Å². The van der Waals surface area contributed by atoms with E-state index in [-0.39, 0.29) is 12.2 Å². The second kappa shape index (κ2) is 5.98. The van der Waals surface area contributed by atoms with Crippen molar-refractivity contribution >= 4 is 11.9 Å². The van der Waals surface area contributed by atoms with Crippen molar-refractivity contribution in [3.8, 4) is 0 Å². The molecule has 0 aromatic heterocycles. The molecule has 1 N–H and O–H groups in total. The molecule has 0 amide bonds. The molecule has 1 rings (SSSR count). The van der Waals surface area contributed by atoms with Crippen LogP contribution in [0.5, 0.6) is 0 Å². The Kier molecular flexibility index (Phi) is 4.63. The van der Waals surface area contributed by atoms with Gasteiger partial charge in [0.1, 0.15) is 5.82 Å². The number of carbonyl (C=O) groups is 2. The molecule has 0 radical (unpaired) electrons. The van der Waals surface area contributed by atoms with Crippen molar-refractivity contribution in [2.45, 2.75) is 12.8 Å². The van der Waals surface area contributed by atoms with Crippen molar-refractivity contribution in [3.63, 3.8) is 0 Å². The lowest BCUT2D eigenvalue weighted by molar-refractivity contribution is -0.156. The Balaban J connectivity index is 2.61. The van der Waals surface area contributed by atoms with Gasteiger partial charge in [0.2, 0.25) is 0 Å². The number of aryl methyl sites for hydroxylation is 1. The third-order valence-electron chi connectivity index (χ3n) is 2.42. The molecule has 4 nitrogen and oxygen atoms in total. The fourth-order valence-electron chi connectivity index (χ4n) is 1.45. The number of ether oxygens (including phenoxy) is 1. The summed E-state index contributed by atoms with van der Waals surface area (Å²) in [6.45, 7) is 0. The predicted molar refractivity (Wildman–Crippen MR) is 57.9 cm³/mol. The summed E-state index contributed by atoms with van der Waals surface area (Å²) in [5, 5.41) is 8.84. The summed E-state index contributed by atoms with van der Waals surface area (Å²) in [7, 11) is 1.15. The fourth-order valence-corrected chi connectivity index (χ4v) is 1.45. The van der Waals surface area contributed by atoms with Crippen molar-refractivity contribution in [2.24, 2.45) is 5.92 Å². The maximum atomic E-state index is 12.6. The summed E-state index contributed by atoms with van der Waals surface area (Å²) in [4.78, 5) is 22.0. The van der Waals surface area contributed by atoms with Gasteiger partial charge in [-0.05, 0) is 30.5 Å². The maximum absolute atomic E-state index is 12.6. The average molecular weight is 240 g/mol. The van der Waals surface area contributed by atoms with E-state index in [0.29, 0.717) is 6.42 Å². The highest BCUT2D eigenvalue weighted by Gasteiger charge is 2.26. The minimum absolute atomic E-state index is 0.133. The summed E-state index contributed by atoms with van der Waals surface area (Å²) >= 11 is 0. The topological polar surface area (TPSA) is 63.6 Å². The van der Waals surface area contributed by atoms with Crippen LogP contribution in [0.2, 0.25) is 0 Å². The Bertz CT molecular complexity index is 399. The number of rotatable bonds is 5. The Hall–Kier alpha value is -1.91. The number of halogens is 1. The van der Waals surface area contributed by atoms with E-state index in [1.807, 2.05) is 0 Å². The minimum atomic E-state index is -1.21. The molecule has 0 spiro atoms. The van der Waals surface area contributed by atoms with Gasteiger partial charge in [0, 0.05) is 0 Å². The first kappa shape index (κ1) is 13.2. The number of carboxylic acids is 1. The average Bonchev–Trinajstić information content (AvgIpc) is 2.31. The zero-order valence-electron chi connectivity index (χ0n) is 9.35. The van der Waals surface area contributed by atoms with Crippen molar-refractivity contribution in [1.82, 2.24) is 0 Å². The molecule has 0 bridgehead atoms. The standard InChI is InChI=1S/C12H13FO4/c1-17-12(16)10(11(14)15)7-4-8-2-5-9(13)6-3-8/h2-3,5-6,10H,4,7H2,1H3,(H,14,15). The number of carbonyl (C=O) groups excluding carboxylic acids is 1. The lowest BCUT2D eigenvalue weighted by atomic mass is 10.00. The smallest absolute Gasteiger partial charge is 0.320 e. The van der Waals surface area contributed by atoms with Gasteiger partial charge in [0.05, 0.1) is 7.11 Å². The zero-order valence-corrected chi connectivity index (χ0v) is 9.35. The molecular formula is C12H13FO4. The normalized spacial score (nSPS) is 11.9. The molecule has 1 aromatic carbocycles. The second-order valence-corrected chi connectivity index (χ2v) is 3.58. The number of hydrogen-bond donors (Lipinski definition) is 1. The van der Waals surface area contributed by atoms with Gasteiger partial charge < -0.3 is 9.84 Å². The van der Waals surface area contributed by atoms with E-state index in [9.17, 15) is 14.0 Å². The van der Waals surface area contributed by atoms with Gasteiger partial charge in [-0.1, -0.05) is 12.1 Å². The van der Waals surface area contributed by atoms with Gasteiger partial charge in [-0.3, -0.25) is 9.59 Å². The lowest BCUT2D eigenvalue weighted by Gasteiger charge is -2.09. The number of esters is 1. The highest BCUT2D eigenvalue weighted by Crippen LogP contribution is 2.12. The van der Waals surface area contributed by atoms with E-state index >= 15 is 0 Å². The molecule has 1 atom stereocenters. The number of hydrogen-bond acceptors (Lipinski definition) is 3. The molecule has 17 heavy (non-hydrogen) atoms. The molecule has 1 aromatic rings. The van der Waals surface area contributed by atoms with Gasteiger partial charge >= 0.3 is 11.9 Å². The van der Waals surface area contributed by atoms with Crippen molar-refractivity contribution in [3.05, 3.63) is 35.6 Å². The molecule has 0 saturated heterocycles. The molecule has 1 unspecified atom stereocenters. The predicted octanol–water partition coefficient (Wildman–Crippen LogP) is 1.63. The van der Waals surface area contributed by atoms with Crippen LogP contribution in [-0.4, -0.2) is 24.2 Å². The third-order valence-corrected chi connectivity index (χ3v) is 2.42. The summed E-state index contributed by atoms with van der Waals surface area (Å²) < 4.78 is 17.0. The molecular weight excluding hydrogens is 227 g/mol. The molecule has 0 aliphatic heterocycles. The first-order chi connectivity index (χ1) is 8.04. The van der Waals surface area contributed by atoms with Gasteiger partial charge in [0.15, 0.2) is 5.92 Å². The quantitative estimate of drug-likeness (QED) is 0.627. The van der Waals surface area contributed by atoms with E-state index in [0.717, 1.165) is 12.7 Å². The lowest BCUT2D eigenvalue weighted by Crippen LogP contribution is -2.25. The summed E-state index contributed by atoms with van der Waals surface area (Å²) in [5.74, 6) is -3.50. The molecule has 0 aliphatic carbocycles.